The van der Waals surface area contributed by atoms with E-state index in [1.54, 1.807) is 18.0 Å². The van der Waals surface area contributed by atoms with Gasteiger partial charge in [-0.3, -0.25) is 0 Å². The molecular formula is C12H15N3O2. The third-order valence-electron chi connectivity index (χ3n) is 2.58. The average Bonchev–Trinajstić information content (AvgIpc) is 2.72. The van der Waals surface area contributed by atoms with E-state index in [-0.39, 0.29) is 6.61 Å². The van der Waals surface area contributed by atoms with Crippen molar-refractivity contribution >= 4 is 5.82 Å². The van der Waals surface area contributed by atoms with E-state index in [2.05, 4.69) is 5.10 Å². The van der Waals surface area contributed by atoms with Crippen molar-refractivity contribution in [3.05, 3.63) is 36.0 Å². The van der Waals surface area contributed by atoms with Crippen molar-refractivity contribution < 1.29 is 9.84 Å². The summed E-state index contributed by atoms with van der Waals surface area (Å²) >= 11 is 0. The highest BCUT2D eigenvalue weighted by Gasteiger charge is 2.08. The SMILES string of the molecule is COc1ccc(-n2ncc(CCO)c2N)cc1. The fourth-order valence-corrected chi connectivity index (χ4v) is 1.63. The molecule has 3 N–H and O–H groups in total. The van der Waals surface area contributed by atoms with Crippen molar-refractivity contribution in [2.24, 2.45) is 0 Å². The second-order valence-corrected chi connectivity index (χ2v) is 3.64. The van der Waals surface area contributed by atoms with Crippen molar-refractivity contribution in [2.75, 3.05) is 19.5 Å². The standard InChI is InChI=1S/C12H15N3O2/c1-17-11-4-2-10(3-5-11)15-12(13)9(6-7-16)8-14-15/h2-5,8,16H,6-7,13H2,1H3. The van der Waals surface area contributed by atoms with Gasteiger partial charge in [-0.05, 0) is 24.3 Å². The summed E-state index contributed by atoms with van der Waals surface area (Å²) in [7, 11) is 1.62. The molecule has 0 bridgehead atoms. The van der Waals surface area contributed by atoms with E-state index < -0.39 is 0 Å². The molecule has 0 amide bonds. The van der Waals surface area contributed by atoms with Crippen LogP contribution < -0.4 is 10.5 Å². The van der Waals surface area contributed by atoms with E-state index in [9.17, 15) is 0 Å². The number of nitrogen functional groups attached to an aromatic ring is 1. The van der Waals surface area contributed by atoms with Gasteiger partial charge in [0.1, 0.15) is 11.6 Å². The second-order valence-electron chi connectivity index (χ2n) is 3.64. The minimum absolute atomic E-state index is 0.0680. The summed E-state index contributed by atoms with van der Waals surface area (Å²) in [5.74, 6) is 1.35. The lowest BCUT2D eigenvalue weighted by Gasteiger charge is -2.06. The van der Waals surface area contributed by atoms with Gasteiger partial charge in [-0.15, -0.1) is 0 Å². The predicted octanol–water partition coefficient (Wildman–Crippen LogP) is 0.998. The molecule has 0 unspecified atom stereocenters. The number of benzene rings is 1. The molecule has 0 saturated heterocycles. The summed E-state index contributed by atoms with van der Waals surface area (Å²) in [6, 6.07) is 7.46. The van der Waals surface area contributed by atoms with Gasteiger partial charge in [0, 0.05) is 18.6 Å². The molecule has 0 radical (unpaired) electrons. The highest BCUT2D eigenvalue weighted by Crippen LogP contribution is 2.19. The first-order chi connectivity index (χ1) is 8.26. The Morgan fingerprint density at radius 2 is 2.06 bits per heavy atom. The molecule has 90 valence electrons. The average molecular weight is 233 g/mol. The minimum atomic E-state index is 0.0680. The van der Waals surface area contributed by atoms with E-state index in [1.165, 1.54) is 0 Å². The molecule has 17 heavy (non-hydrogen) atoms. The zero-order chi connectivity index (χ0) is 12.3. The Bertz CT molecular complexity index is 491. The molecule has 0 atom stereocenters. The Balaban J connectivity index is 2.32. The van der Waals surface area contributed by atoms with Crippen LogP contribution in [0.4, 0.5) is 5.82 Å². The molecule has 0 saturated carbocycles. The number of methoxy groups -OCH3 is 1. The highest BCUT2D eigenvalue weighted by molar-refractivity contribution is 5.48. The Morgan fingerprint density at radius 1 is 1.35 bits per heavy atom. The number of hydrogen-bond donors (Lipinski definition) is 2. The molecule has 1 aromatic carbocycles. The maximum absolute atomic E-state index is 8.88. The molecule has 1 heterocycles. The smallest absolute Gasteiger partial charge is 0.130 e. The summed E-state index contributed by atoms with van der Waals surface area (Å²) in [5, 5.41) is 13.1. The first kappa shape index (κ1) is 11.5. The number of rotatable bonds is 4. The molecule has 2 aromatic rings. The molecule has 0 aliphatic rings. The number of aliphatic hydroxyl groups is 1. The van der Waals surface area contributed by atoms with Crippen LogP contribution in [-0.4, -0.2) is 28.6 Å². The molecule has 5 nitrogen and oxygen atoms in total. The molecule has 0 aliphatic heterocycles. The van der Waals surface area contributed by atoms with E-state index in [0.717, 1.165) is 17.0 Å². The van der Waals surface area contributed by atoms with Gasteiger partial charge >= 0.3 is 0 Å². The first-order valence-electron chi connectivity index (χ1n) is 5.34. The van der Waals surface area contributed by atoms with E-state index in [1.807, 2.05) is 24.3 Å². The number of ether oxygens (including phenoxy) is 1. The van der Waals surface area contributed by atoms with Gasteiger partial charge in [-0.1, -0.05) is 0 Å². The van der Waals surface area contributed by atoms with Gasteiger partial charge < -0.3 is 15.6 Å². The summed E-state index contributed by atoms with van der Waals surface area (Å²) in [6.45, 7) is 0.0680. The Hall–Kier alpha value is -2.01. The lowest BCUT2D eigenvalue weighted by molar-refractivity contribution is 0.300. The molecule has 1 aromatic heterocycles. The monoisotopic (exact) mass is 233 g/mol. The van der Waals surface area contributed by atoms with Crippen LogP contribution in [0.2, 0.25) is 0 Å². The van der Waals surface area contributed by atoms with Crippen LogP contribution in [0.25, 0.3) is 5.69 Å². The van der Waals surface area contributed by atoms with Crippen LogP contribution in [0.1, 0.15) is 5.56 Å². The van der Waals surface area contributed by atoms with Gasteiger partial charge in [0.05, 0.1) is 19.0 Å². The van der Waals surface area contributed by atoms with E-state index >= 15 is 0 Å². The zero-order valence-electron chi connectivity index (χ0n) is 9.63. The lowest BCUT2D eigenvalue weighted by atomic mass is 10.2. The van der Waals surface area contributed by atoms with Crippen LogP contribution in [0.3, 0.4) is 0 Å². The Morgan fingerprint density at radius 3 is 2.65 bits per heavy atom. The van der Waals surface area contributed by atoms with Gasteiger partial charge in [0.15, 0.2) is 0 Å². The highest BCUT2D eigenvalue weighted by atomic mass is 16.5. The number of anilines is 1. The van der Waals surface area contributed by atoms with Crippen molar-refractivity contribution in [2.45, 2.75) is 6.42 Å². The largest absolute Gasteiger partial charge is 0.497 e. The first-order valence-corrected chi connectivity index (χ1v) is 5.34. The fourth-order valence-electron chi connectivity index (χ4n) is 1.63. The van der Waals surface area contributed by atoms with Crippen LogP contribution in [0.15, 0.2) is 30.5 Å². The Kier molecular flexibility index (Phi) is 3.30. The molecule has 2 rings (SSSR count). The normalized spacial score (nSPS) is 10.5. The minimum Gasteiger partial charge on any atom is -0.497 e. The second kappa shape index (κ2) is 4.88. The quantitative estimate of drug-likeness (QED) is 0.826. The maximum Gasteiger partial charge on any atom is 0.130 e. The number of aliphatic hydroxyl groups excluding tert-OH is 1. The maximum atomic E-state index is 8.88. The third-order valence-corrected chi connectivity index (χ3v) is 2.58. The molecule has 0 spiro atoms. The lowest BCUT2D eigenvalue weighted by Crippen LogP contribution is -2.03. The molecule has 5 heteroatoms. The zero-order valence-corrected chi connectivity index (χ0v) is 9.63. The molecule has 0 aliphatic carbocycles. The van der Waals surface area contributed by atoms with E-state index in [0.29, 0.717) is 12.2 Å². The van der Waals surface area contributed by atoms with Crippen LogP contribution in [0, 0.1) is 0 Å². The van der Waals surface area contributed by atoms with Crippen molar-refractivity contribution in [1.29, 1.82) is 0 Å². The predicted molar refractivity (Wildman–Crippen MR) is 65.3 cm³/mol. The van der Waals surface area contributed by atoms with Crippen molar-refractivity contribution in [3.63, 3.8) is 0 Å². The number of nitrogens with zero attached hydrogens (tertiary/aromatic N) is 2. The number of nitrogens with two attached hydrogens (primary N) is 1. The summed E-state index contributed by atoms with van der Waals surface area (Å²) in [4.78, 5) is 0. The number of aromatic nitrogens is 2. The topological polar surface area (TPSA) is 73.3 Å². The van der Waals surface area contributed by atoms with Gasteiger partial charge in [-0.2, -0.15) is 5.10 Å². The van der Waals surface area contributed by atoms with Crippen molar-refractivity contribution in [3.8, 4) is 11.4 Å². The fraction of sp³-hybridized carbons (Fsp3) is 0.250. The van der Waals surface area contributed by atoms with Crippen LogP contribution in [-0.2, 0) is 6.42 Å². The molecule has 0 fully saturated rings. The van der Waals surface area contributed by atoms with Gasteiger partial charge in [-0.25, -0.2) is 4.68 Å². The Labute approximate surface area is 99.4 Å². The summed E-state index contributed by atoms with van der Waals surface area (Å²) in [5.41, 5.74) is 7.67. The molecular weight excluding hydrogens is 218 g/mol. The third kappa shape index (κ3) is 2.24. The van der Waals surface area contributed by atoms with E-state index in [4.69, 9.17) is 15.6 Å². The summed E-state index contributed by atoms with van der Waals surface area (Å²) in [6.07, 6.45) is 2.19. The van der Waals surface area contributed by atoms with Crippen LogP contribution >= 0.6 is 0 Å². The van der Waals surface area contributed by atoms with Gasteiger partial charge in [0.25, 0.3) is 0 Å². The number of hydrogen-bond acceptors (Lipinski definition) is 4. The van der Waals surface area contributed by atoms with Crippen LogP contribution in [0.5, 0.6) is 5.75 Å². The summed E-state index contributed by atoms with van der Waals surface area (Å²) < 4.78 is 6.73. The van der Waals surface area contributed by atoms with Crippen molar-refractivity contribution in [1.82, 2.24) is 9.78 Å². The van der Waals surface area contributed by atoms with Gasteiger partial charge in [0.2, 0.25) is 0 Å².